The van der Waals surface area contributed by atoms with Crippen LogP contribution in [0, 0.1) is 11.6 Å². The normalized spacial score (nSPS) is 16.4. The highest BCUT2D eigenvalue weighted by Crippen LogP contribution is 2.44. The van der Waals surface area contributed by atoms with E-state index in [1.807, 2.05) is 32.3 Å². The molecular formula is C24H26ClF2N5O. The van der Waals surface area contributed by atoms with E-state index in [1.165, 1.54) is 24.3 Å². The maximum absolute atomic E-state index is 14.2. The molecule has 0 aliphatic carbocycles. The molecule has 1 aromatic heterocycles. The Labute approximate surface area is 196 Å². The Morgan fingerprint density at radius 3 is 2.42 bits per heavy atom. The van der Waals surface area contributed by atoms with Crippen molar-refractivity contribution in [3.05, 3.63) is 64.9 Å². The van der Waals surface area contributed by atoms with Crippen LogP contribution in [-0.4, -0.2) is 33.4 Å². The number of benzene rings is 2. The van der Waals surface area contributed by atoms with Gasteiger partial charge in [0.05, 0.1) is 22.6 Å². The number of nitrogens with two attached hydrogens (primary N) is 1. The molecule has 0 spiro atoms. The Hall–Kier alpha value is -2.97. The first-order chi connectivity index (χ1) is 15.5. The molecule has 1 aliphatic heterocycles. The van der Waals surface area contributed by atoms with Gasteiger partial charge in [-0.2, -0.15) is 0 Å². The minimum absolute atomic E-state index is 0.0204. The monoisotopic (exact) mass is 473 g/mol. The van der Waals surface area contributed by atoms with Crippen molar-refractivity contribution in [2.24, 2.45) is 5.73 Å². The lowest BCUT2D eigenvalue weighted by Crippen LogP contribution is -2.59. The number of amides is 1. The molecule has 0 radical (unpaired) electrons. The summed E-state index contributed by atoms with van der Waals surface area (Å²) in [7, 11) is 0. The minimum atomic E-state index is -0.772. The van der Waals surface area contributed by atoms with E-state index in [0.717, 1.165) is 0 Å². The molecule has 0 saturated heterocycles. The van der Waals surface area contributed by atoms with Gasteiger partial charge in [-0.05, 0) is 70.2 Å². The van der Waals surface area contributed by atoms with Crippen molar-refractivity contribution in [1.82, 2.24) is 14.5 Å². The predicted octanol–water partition coefficient (Wildman–Crippen LogP) is 5.00. The van der Waals surface area contributed by atoms with Gasteiger partial charge in [0.25, 0.3) is 0 Å². The number of hydrogen-bond donors (Lipinski definition) is 2. The van der Waals surface area contributed by atoms with Gasteiger partial charge in [-0.15, -0.1) is 0 Å². The third kappa shape index (κ3) is 3.98. The van der Waals surface area contributed by atoms with Gasteiger partial charge in [0, 0.05) is 17.8 Å². The van der Waals surface area contributed by atoms with E-state index < -0.39 is 16.9 Å². The van der Waals surface area contributed by atoms with Crippen molar-refractivity contribution in [2.45, 2.75) is 38.8 Å². The van der Waals surface area contributed by atoms with Gasteiger partial charge in [0.15, 0.2) is 0 Å². The molecule has 0 atom stereocenters. The zero-order valence-corrected chi connectivity index (χ0v) is 19.7. The Morgan fingerprint density at radius 1 is 1.15 bits per heavy atom. The molecule has 1 aliphatic rings. The zero-order chi connectivity index (χ0) is 24.1. The van der Waals surface area contributed by atoms with E-state index in [4.69, 9.17) is 22.3 Å². The maximum Gasteiger partial charge on any atom is 0.237 e. The van der Waals surface area contributed by atoms with E-state index in [9.17, 15) is 13.6 Å². The highest BCUT2D eigenvalue weighted by Gasteiger charge is 2.47. The smallest absolute Gasteiger partial charge is 0.237 e. The topological polar surface area (TPSA) is 76.2 Å². The summed E-state index contributed by atoms with van der Waals surface area (Å²) in [5.41, 5.74) is 6.06. The first-order valence-corrected chi connectivity index (χ1v) is 11.0. The van der Waals surface area contributed by atoms with E-state index in [2.05, 4.69) is 5.32 Å². The van der Waals surface area contributed by atoms with E-state index >= 15 is 0 Å². The second kappa shape index (κ2) is 8.11. The lowest BCUT2D eigenvalue weighted by atomic mass is 9.90. The summed E-state index contributed by atoms with van der Waals surface area (Å²) in [6, 6.07) is 10.5. The summed E-state index contributed by atoms with van der Waals surface area (Å²) < 4.78 is 29.8. The van der Waals surface area contributed by atoms with Gasteiger partial charge in [0.1, 0.15) is 29.0 Å². The van der Waals surface area contributed by atoms with Gasteiger partial charge in [-0.1, -0.05) is 11.6 Å². The largest absolute Gasteiger partial charge is 0.340 e. The molecule has 2 aromatic carbocycles. The summed E-state index contributed by atoms with van der Waals surface area (Å²) in [4.78, 5) is 19.3. The predicted molar refractivity (Wildman–Crippen MR) is 125 cm³/mol. The maximum atomic E-state index is 14.2. The highest BCUT2D eigenvalue weighted by molar-refractivity contribution is 6.30. The zero-order valence-electron chi connectivity index (χ0n) is 18.9. The lowest BCUT2D eigenvalue weighted by molar-refractivity contribution is -0.139. The van der Waals surface area contributed by atoms with Crippen molar-refractivity contribution in [3.8, 4) is 11.3 Å². The van der Waals surface area contributed by atoms with Crippen LogP contribution in [0.5, 0.6) is 0 Å². The number of nitrogens with one attached hydrogen (secondary N) is 1. The number of halogens is 3. The summed E-state index contributed by atoms with van der Waals surface area (Å²) >= 11 is 5.86. The molecule has 0 fully saturated rings. The van der Waals surface area contributed by atoms with Crippen LogP contribution < -0.4 is 11.1 Å². The number of hydrogen-bond acceptors (Lipinski definition) is 4. The Morgan fingerprint density at radius 2 is 1.82 bits per heavy atom. The number of carbonyl (C=O) groups is 1. The van der Waals surface area contributed by atoms with Crippen molar-refractivity contribution < 1.29 is 13.6 Å². The van der Waals surface area contributed by atoms with E-state index in [-0.39, 0.29) is 23.3 Å². The van der Waals surface area contributed by atoms with Crippen LogP contribution in [0.15, 0.2) is 42.5 Å². The molecule has 0 unspecified atom stereocenters. The van der Waals surface area contributed by atoms with Crippen LogP contribution in [0.2, 0.25) is 5.02 Å². The van der Waals surface area contributed by atoms with Crippen LogP contribution in [0.4, 0.5) is 20.3 Å². The minimum Gasteiger partial charge on any atom is -0.340 e. The number of aromatic nitrogens is 2. The first kappa shape index (κ1) is 23.2. The molecule has 9 heteroatoms. The van der Waals surface area contributed by atoms with Crippen molar-refractivity contribution >= 4 is 29.0 Å². The van der Waals surface area contributed by atoms with Crippen LogP contribution in [0.1, 0.15) is 33.5 Å². The summed E-state index contributed by atoms with van der Waals surface area (Å²) in [5, 5.41) is 3.31. The fourth-order valence-corrected chi connectivity index (χ4v) is 4.46. The fourth-order valence-electron chi connectivity index (χ4n) is 4.34. The Bertz CT molecular complexity index is 1220. The molecule has 0 bridgehead atoms. The molecule has 2 heterocycles. The quantitative estimate of drug-likeness (QED) is 0.559. The van der Waals surface area contributed by atoms with Gasteiger partial charge in [-0.3, -0.25) is 4.79 Å². The molecule has 33 heavy (non-hydrogen) atoms. The van der Waals surface area contributed by atoms with Crippen LogP contribution in [-0.2, 0) is 15.9 Å². The van der Waals surface area contributed by atoms with Gasteiger partial charge >= 0.3 is 0 Å². The molecule has 174 valence electrons. The Balaban J connectivity index is 1.96. The molecular weight excluding hydrogens is 448 g/mol. The fraction of sp³-hybridized carbons (Fsp3) is 0.333. The number of anilines is 2. The number of carbonyl (C=O) groups excluding carboxylic acids is 1. The van der Waals surface area contributed by atoms with Crippen molar-refractivity contribution in [1.29, 1.82) is 0 Å². The third-order valence-electron chi connectivity index (χ3n) is 6.03. The van der Waals surface area contributed by atoms with Crippen LogP contribution >= 0.6 is 11.6 Å². The lowest BCUT2D eigenvalue weighted by Gasteiger charge is -2.49. The second-order valence-corrected chi connectivity index (χ2v) is 9.69. The van der Waals surface area contributed by atoms with Crippen LogP contribution in [0.3, 0.4) is 0 Å². The molecule has 1 amide bonds. The van der Waals surface area contributed by atoms with E-state index in [0.29, 0.717) is 35.1 Å². The summed E-state index contributed by atoms with van der Waals surface area (Å²) in [5.74, 6) is 0.146. The summed E-state index contributed by atoms with van der Waals surface area (Å²) in [6.45, 7) is 8.09. The van der Waals surface area contributed by atoms with Gasteiger partial charge in [0.2, 0.25) is 5.91 Å². The van der Waals surface area contributed by atoms with Gasteiger partial charge in [-0.25, -0.2) is 13.8 Å². The number of rotatable bonds is 4. The summed E-state index contributed by atoms with van der Waals surface area (Å²) in [6.07, 6.45) is 0. The first-order valence-electron chi connectivity index (χ1n) is 10.6. The SMILES string of the molecule is CC1(C)c2nc(-c3ccc(F)cc3)c(Nc3ccc(Cl)c(F)c3)n2C(C)(C)CN1C(=O)CN. The van der Waals surface area contributed by atoms with Crippen molar-refractivity contribution in [3.63, 3.8) is 0 Å². The molecule has 6 nitrogen and oxygen atoms in total. The van der Waals surface area contributed by atoms with Crippen molar-refractivity contribution in [2.75, 3.05) is 18.4 Å². The molecule has 3 aromatic rings. The van der Waals surface area contributed by atoms with E-state index in [1.54, 1.807) is 23.1 Å². The highest BCUT2D eigenvalue weighted by atomic mass is 35.5. The molecule has 0 saturated carbocycles. The second-order valence-electron chi connectivity index (χ2n) is 9.28. The number of fused-ring (bicyclic) bond motifs is 1. The Kier molecular flexibility index (Phi) is 5.70. The average molecular weight is 474 g/mol. The van der Waals surface area contributed by atoms with Gasteiger partial charge < -0.3 is 20.5 Å². The standard InChI is InChI=1S/C24H26ClF2N5O/c1-23(2)13-31(19(33)12-28)24(3,4)22-30-20(14-5-7-15(26)8-6-14)21(32(22)23)29-16-9-10-17(25)18(27)11-16/h5-11,29H,12-13,28H2,1-4H3. The van der Waals surface area contributed by atoms with Crippen LogP contribution in [0.25, 0.3) is 11.3 Å². The number of imidazole rings is 1. The average Bonchev–Trinajstić information content (AvgIpc) is 3.15. The third-order valence-corrected chi connectivity index (χ3v) is 6.33. The number of nitrogens with zero attached hydrogens (tertiary/aromatic N) is 3. The molecule has 4 rings (SSSR count). The molecule has 3 N–H and O–H groups in total.